The molecule has 7 nitrogen and oxygen atoms in total. The Balaban J connectivity index is 2.01. The molecule has 3 rings (SSSR count). The highest BCUT2D eigenvalue weighted by Crippen LogP contribution is 2.36. The van der Waals surface area contributed by atoms with Crippen molar-refractivity contribution in [1.82, 2.24) is 10.5 Å². The molecule has 0 radical (unpaired) electrons. The van der Waals surface area contributed by atoms with Crippen LogP contribution in [0.1, 0.15) is 0 Å². The second-order valence-electron chi connectivity index (χ2n) is 4.56. The van der Waals surface area contributed by atoms with Crippen molar-refractivity contribution >= 4 is 23.4 Å². The third-order valence-electron chi connectivity index (χ3n) is 3.23. The first kappa shape index (κ1) is 13.7. The smallest absolute Gasteiger partial charge is 0.191 e. The molecule has 21 heavy (non-hydrogen) atoms. The van der Waals surface area contributed by atoms with Crippen LogP contribution in [0.15, 0.2) is 46.1 Å². The van der Waals surface area contributed by atoms with E-state index in [1.807, 2.05) is 35.2 Å². The Morgan fingerprint density at radius 2 is 2.00 bits per heavy atom. The number of hydrazine groups is 1. The van der Waals surface area contributed by atoms with Crippen LogP contribution in [-0.2, 0) is 0 Å². The van der Waals surface area contributed by atoms with E-state index in [1.54, 1.807) is 11.3 Å². The number of aliphatic hydroxyl groups excluding tert-OH is 2. The first-order valence-electron chi connectivity index (χ1n) is 6.80. The summed E-state index contributed by atoms with van der Waals surface area (Å²) >= 11 is 0. The van der Waals surface area contributed by atoms with E-state index in [2.05, 4.69) is 15.5 Å². The number of fused-ring (bicyclic) bond motifs is 2. The summed E-state index contributed by atoms with van der Waals surface area (Å²) in [6, 6.07) is 7.77. The predicted molar refractivity (Wildman–Crippen MR) is 81.5 cm³/mol. The van der Waals surface area contributed by atoms with E-state index in [4.69, 9.17) is 5.11 Å². The number of amidine groups is 1. The average Bonchev–Trinajstić information content (AvgIpc) is 2.53. The number of allylic oxidation sites excluding steroid dienone is 1. The van der Waals surface area contributed by atoms with E-state index in [1.165, 1.54) is 0 Å². The van der Waals surface area contributed by atoms with Gasteiger partial charge in [0.1, 0.15) is 0 Å². The van der Waals surface area contributed by atoms with Crippen LogP contribution in [-0.4, -0.2) is 53.7 Å². The van der Waals surface area contributed by atoms with Crippen LogP contribution in [0.25, 0.3) is 0 Å². The molecule has 3 N–H and O–H groups in total. The van der Waals surface area contributed by atoms with E-state index < -0.39 is 0 Å². The number of anilines is 1. The molecule has 0 aromatic heterocycles. The maximum atomic E-state index is 9.34. The third-order valence-corrected chi connectivity index (χ3v) is 3.23. The number of nitrogens with one attached hydrogen (secondary N) is 1. The predicted octanol–water partition coefficient (Wildman–Crippen LogP) is 0.211. The maximum Gasteiger partial charge on any atom is 0.191 e. The lowest BCUT2D eigenvalue weighted by Gasteiger charge is -2.36. The molecule has 2 heterocycles. The van der Waals surface area contributed by atoms with Gasteiger partial charge in [-0.25, -0.2) is 10.4 Å². The molecule has 0 fully saturated rings. The van der Waals surface area contributed by atoms with E-state index >= 15 is 0 Å². The van der Waals surface area contributed by atoms with Gasteiger partial charge in [0.25, 0.3) is 0 Å². The Labute approximate surface area is 122 Å². The maximum absolute atomic E-state index is 9.34. The van der Waals surface area contributed by atoms with E-state index in [-0.39, 0.29) is 13.2 Å². The molecular formula is C14H17N5O2. The fourth-order valence-electron chi connectivity index (χ4n) is 2.37. The molecule has 0 atom stereocenters. The van der Waals surface area contributed by atoms with Crippen molar-refractivity contribution in [1.29, 1.82) is 0 Å². The van der Waals surface area contributed by atoms with Gasteiger partial charge < -0.3 is 15.1 Å². The number of hydrogen-bond acceptors (Lipinski definition) is 7. The van der Waals surface area contributed by atoms with Gasteiger partial charge >= 0.3 is 0 Å². The fourth-order valence-corrected chi connectivity index (χ4v) is 2.37. The molecule has 110 valence electrons. The minimum absolute atomic E-state index is 0.00922. The van der Waals surface area contributed by atoms with Gasteiger partial charge in [0, 0.05) is 13.1 Å². The Bertz CT molecular complexity index is 611. The lowest BCUT2D eigenvalue weighted by molar-refractivity contribution is 0.239. The normalized spacial score (nSPS) is 16.3. The van der Waals surface area contributed by atoms with E-state index in [0.29, 0.717) is 18.9 Å². The number of β-amino-alcohol motifs (C(OH)–C–C–N with tert-alkyl or cyclic N) is 1. The summed E-state index contributed by atoms with van der Waals surface area (Å²) in [6.45, 7) is 0.907. The molecule has 0 spiro atoms. The van der Waals surface area contributed by atoms with Gasteiger partial charge in [-0.3, -0.25) is 0 Å². The lowest BCUT2D eigenvalue weighted by Crippen LogP contribution is -2.47. The topological polar surface area (TPSA) is 83.7 Å². The molecule has 0 saturated carbocycles. The number of aliphatic hydroxyl groups is 2. The molecule has 2 aliphatic heterocycles. The summed E-state index contributed by atoms with van der Waals surface area (Å²) in [4.78, 5) is 6.64. The van der Waals surface area contributed by atoms with E-state index in [0.717, 1.165) is 17.1 Å². The standard InChI is InChI=1S/C14H17N5O2/c20-9-7-16-19-14-13(5-6-15-19)18(8-10-21)12-4-2-1-3-11(12)17-14/h1-6,16,20-21H,7-10H2. The first-order valence-corrected chi connectivity index (χ1v) is 6.80. The molecule has 2 aliphatic rings. The van der Waals surface area contributed by atoms with Gasteiger partial charge in [-0.1, -0.05) is 12.1 Å². The van der Waals surface area contributed by atoms with Crippen molar-refractivity contribution in [3.63, 3.8) is 0 Å². The van der Waals surface area contributed by atoms with Crippen molar-refractivity contribution in [2.75, 3.05) is 31.2 Å². The van der Waals surface area contributed by atoms with Crippen molar-refractivity contribution < 1.29 is 10.2 Å². The molecule has 0 bridgehead atoms. The molecule has 7 heteroatoms. The summed E-state index contributed by atoms with van der Waals surface area (Å²) < 4.78 is 0. The highest BCUT2D eigenvalue weighted by Gasteiger charge is 2.29. The molecule has 0 amide bonds. The number of benzene rings is 1. The molecule has 0 unspecified atom stereocenters. The number of rotatable bonds is 5. The van der Waals surface area contributed by atoms with E-state index in [9.17, 15) is 5.11 Å². The monoisotopic (exact) mass is 287 g/mol. The highest BCUT2D eigenvalue weighted by atomic mass is 16.3. The summed E-state index contributed by atoms with van der Waals surface area (Å²) in [5.74, 6) is 0.651. The van der Waals surface area contributed by atoms with Gasteiger partial charge in [0.05, 0.1) is 36.5 Å². The number of aliphatic imine (C=N–C) groups is 1. The van der Waals surface area contributed by atoms with Gasteiger partial charge in [-0.05, 0) is 18.2 Å². The summed E-state index contributed by atoms with van der Waals surface area (Å²) in [6.07, 6.45) is 3.53. The summed E-state index contributed by atoms with van der Waals surface area (Å²) in [5, 5.41) is 24.0. The van der Waals surface area contributed by atoms with Crippen molar-refractivity contribution in [2.45, 2.75) is 0 Å². The quantitative estimate of drug-likeness (QED) is 0.721. The molecular weight excluding hydrogens is 270 g/mol. The number of nitrogens with zero attached hydrogens (tertiary/aromatic N) is 4. The highest BCUT2D eigenvalue weighted by molar-refractivity contribution is 6.10. The van der Waals surface area contributed by atoms with Crippen LogP contribution in [0.4, 0.5) is 11.4 Å². The van der Waals surface area contributed by atoms with Crippen LogP contribution in [0, 0.1) is 0 Å². The second-order valence-corrected chi connectivity index (χ2v) is 4.56. The van der Waals surface area contributed by atoms with Crippen molar-refractivity contribution in [3.8, 4) is 0 Å². The van der Waals surface area contributed by atoms with Gasteiger partial charge in [-0.2, -0.15) is 10.2 Å². The Kier molecular flexibility index (Phi) is 3.96. The summed E-state index contributed by atoms with van der Waals surface area (Å²) in [7, 11) is 0. The van der Waals surface area contributed by atoms with Gasteiger partial charge in [0.15, 0.2) is 5.84 Å². The largest absolute Gasteiger partial charge is 0.395 e. The SMILES string of the molecule is OCCNN1N=CC=C2C1=Nc1ccccc1N2CCO. The number of hydrogen-bond donors (Lipinski definition) is 3. The Morgan fingerprint density at radius 3 is 2.81 bits per heavy atom. The first-order chi connectivity index (χ1) is 10.3. The van der Waals surface area contributed by atoms with Crippen molar-refractivity contribution in [3.05, 3.63) is 36.0 Å². The summed E-state index contributed by atoms with van der Waals surface area (Å²) in [5.41, 5.74) is 5.64. The zero-order valence-corrected chi connectivity index (χ0v) is 11.5. The minimum atomic E-state index is 0.00922. The Hall–Kier alpha value is -2.22. The van der Waals surface area contributed by atoms with Crippen LogP contribution >= 0.6 is 0 Å². The molecule has 1 aromatic rings. The van der Waals surface area contributed by atoms with Crippen LogP contribution in [0.3, 0.4) is 0 Å². The number of hydrazone groups is 1. The zero-order chi connectivity index (χ0) is 14.7. The Morgan fingerprint density at radius 1 is 1.14 bits per heavy atom. The van der Waals surface area contributed by atoms with Gasteiger partial charge in [0.2, 0.25) is 0 Å². The van der Waals surface area contributed by atoms with Crippen molar-refractivity contribution in [2.24, 2.45) is 10.1 Å². The van der Waals surface area contributed by atoms with Crippen LogP contribution < -0.4 is 10.3 Å². The molecule has 0 aliphatic carbocycles. The van der Waals surface area contributed by atoms with Crippen LogP contribution in [0.2, 0.25) is 0 Å². The van der Waals surface area contributed by atoms with Crippen LogP contribution in [0.5, 0.6) is 0 Å². The fraction of sp³-hybridized carbons (Fsp3) is 0.286. The minimum Gasteiger partial charge on any atom is -0.395 e. The molecule has 1 aromatic carbocycles. The van der Waals surface area contributed by atoms with Gasteiger partial charge in [-0.15, -0.1) is 0 Å². The third kappa shape index (κ3) is 2.54. The number of para-hydroxylation sites is 2. The zero-order valence-electron chi connectivity index (χ0n) is 11.5. The molecule has 0 saturated heterocycles. The second kappa shape index (κ2) is 6.04. The average molecular weight is 287 g/mol. The lowest BCUT2D eigenvalue weighted by atomic mass is 10.1.